The molecule has 2 amide bonds. The van der Waals surface area contributed by atoms with Crippen molar-refractivity contribution >= 4 is 17.7 Å². The third-order valence-electron chi connectivity index (χ3n) is 1.96. The third kappa shape index (κ3) is 5.01. The van der Waals surface area contributed by atoms with E-state index in [2.05, 4.69) is 10.6 Å². The lowest BCUT2D eigenvalue weighted by Gasteiger charge is -2.10. The number of benzene rings is 1. The average Bonchev–Trinajstić information content (AvgIpc) is 2.14. The standard InChI is InChI=1S/C12H16N2O3/c1-8(2)13-12(17)14-10-5-3-4-9(6-10)7-11(15)16/h3-6,8H,7H2,1-2H3,(H,15,16)(H2,13,14,17). The molecule has 5 heteroatoms. The highest BCUT2D eigenvalue weighted by molar-refractivity contribution is 5.89. The summed E-state index contributed by atoms with van der Waals surface area (Å²) in [6, 6.07) is 6.53. The predicted molar refractivity (Wildman–Crippen MR) is 65.1 cm³/mol. The van der Waals surface area contributed by atoms with Gasteiger partial charge in [0.1, 0.15) is 0 Å². The van der Waals surface area contributed by atoms with E-state index in [4.69, 9.17) is 5.11 Å². The van der Waals surface area contributed by atoms with Crippen LogP contribution in [0.15, 0.2) is 24.3 Å². The van der Waals surface area contributed by atoms with E-state index in [1.54, 1.807) is 24.3 Å². The van der Waals surface area contributed by atoms with E-state index in [1.165, 1.54) is 0 Å². The van der Waals surface area contributed by atoms with Gasteiger partial charge in [0.15, 0.2) is 0 Å². The smallest absolute Gasteiger partial charge is 0.319 e. The van der Waals surface area contributed by atoms with Crippen LogP contribution in [-0.4, -0.2) is 23.1 Å². The topological polar surface area (TPSA) is 78.4 Å². The third-order valence-corrected chi connectivity index (χ3v) is 1.96. The number of anilines is 1. The molecule has 1 aromatic carbocycles. The number of hydrogen-bond acceptors (Lipinski definition) is 2. The summed E-state index contributed by atoms with van der Waals surface area (Å²) >= 11 is 0. The summed E-state index contributed by atoms with van der Waals surface area (Å²) in [6.45, 7) is 3.72. The van der Waals surface area contributed by atoms with Crippen molar-refractivity contribution in [3.05, 3.63) is 29.8 Å². The number of carboxylic acids is 1. The van der Waals surface area contributed by atoms with Gasteiger partial charge in [-0.2, -0.15) is 0 Å². The summed E-state index contributed by atoms with van der Waals surface area (Å²) in [5.74, 6) is -0.895. The maximum atomic E-state index is 11.4. The number of urea groups is 1. The zero-order valence-corrected chi connectivity index (χ0v) is 9.86. The summed E-state index contributed by atoms with van der Waals surface area (Å²) in [5, 5.41) is 14.0. The van der Waals surface area contributed by atoms with Crippen molar-refractivity contribution in [2.75, 3.05) is 5.32 Å². The molecule has 0 atom stereocenters. The Labute approximate surface area is 99.8 Å². The molecule has 1 rings (SSSR count). The van der Waals surface area contributed by atoms with Crippen LogP contribution in [0.3, 0.4) is 0 Å². The molecule has 0 aliphatic carbocycles. The Kier molecular flexibility index (Phi) is 4.51. The molecule has 0 aliphatic heterocycles. The van der Waals surface area contributed by atoms with Crippen LogP contribution in [0.25, 0.3) is 0 Å². The Morgan fingerprint density at radius 1 is 1.35 bits per heavy atom. The fourth-order valence-corrected chi connectivity index (χ4v) is 1.36. The summed E-state index contributed by atoms with van der Waals surface area (Å²) in [5.41, 5.74) is 1.24. The van der Waals surface area contributed by atoms with E-state index in [0.717, 1.165) is 0 Å². The zero-order chi connectivity index (χ0) is 12.8. The second kappa shape index (κ2) is 5.89. The molecule has 0 unspecified atom stereocenters. The van der Waals surface area contributed by atoms with Crippen LogP contribution in [0.5, 0.6) is 0 Å². The molecule has 0 fully saturated rings. The van der Waals surface area contributed by atoms with Gasteiger partial charge in [-0.15, -0.1) is 0 Å². The van der Waals surface area contributed by atoms with Crippen LogP contribution in [0.2, 0.25) is 0 Å². The summed E-state index contributed by atoms with van der Waals surface area (Å²) in [4.78, 5) is 22.0. The van der Waals surface area contributed by atoms with E-state index in [0.29, 0.717) is 11.3 Å². The first-order chi connectivity index (χ1) is 7.97. The highest BCUT2D eigenvalue weighted by atomic mass is 16.4. The average molecular weight is 236 g/mol. The second-order valence-corrected chi connectivity index (χ2v) is 4.02. The van der Waals surface area contributed by atoms with Gasteiger partial charge >= 0.3 is 12.0 Å². The minimum Gasteiger partial charge on any atom is -0.481 e. The van der Waals surface area contributed by atoms with E-state index >= 15 is 0 Å². The number of carbonyl (C=O) groups is 2. The lowest BCUT2D eigenvalue weighted by molar-refractivity contribution is -0.136. The van der Waals surface area contributed by atoms with Gasteiger partial charge in [-0.05, 0) is 31.5 Å². The van der Waals surface area contributed by atoms with Crippen LogP contribution in [0, 0.1) is 0 Å². The predicted octanol–water partition coefficient (Wildman–Crippen LogP) is 1.84. The van der Waals surface area contributed by atoms with Gasteiger partial charge in [0.2, 0.25) is 0 Å². The molecule has 0 aliphatic rings. The van der Waals surface area contributed by atoms with Crippen LogP contribution in [-0.2, 0) is 11.2 Å². The maximum Gasteiger partial charge on any atom is 0.319 e. The lowest BCUT2D eigenvalue weighted by atomic mass is 10.1. The lowest BCUT2D eigenvalue weighted by Crippen LogP contribution is -2.34. The van der Waals surface area contributed by atoms with Crippen molar-refractivity contribution in [2.24, 2.45) is 0 Å². The van der Waals surface area contributed by atoms with Crippen molar-refractivity contribution in [2.45, 2.75) is 26.3 Å². The van der Waals surface area contributed by atoms with Crippen LogP contribution >= 0.6 is 0 Å². The Balaban J connectivity index is 2.65. The molecule has 0 heterocycles. The molecule has 92 valence electrons. The van der Waals surface area contributed by atoms with Gasteiger partial charge in [0, 0.05) is 11.7 Å². The molecule has 0 radical (unpaired) electrons. The minimum absolute atomic E-state index is 0.0530. The van der Waals surface area contributed by atoms with Gasteiger partial charge in [-0.1, -0.05) is 12.1 Å². The van der Waals surface area contributed by atoms with E-state index < -0.39 is 5.97 Å². The van der Waals surface area contributed by atoms with Gasteiger partial charge in [0.25, 0.3) is 0 Å². The van der Waals surface area contributed by atoms with Gasteiger partial charge in [0.05, 0.1) is 6.42 Å². The van der Waals surface area contributed by atoms with Gasteiger partial charge in [-0.25, -0.2) is 4.79 Å². The van der Waals surface area contributed by atoms with Gasteiger partial charge in [-0.3, -0.25) is 4.79 Å². The number of carbonyl (C=O) groups excluding carboxylic acids is 1. The van der Waals surface area contributed by atoms with Crippen molar-refractivity contribution in [1.82, 2.24) is 5.32 Å². The molecule has 1 aromatic rings. The largest absolute Gasteiger partial charge is 0.481 e. The number of aliphatic carboxylic acids is 1. The number of nitrogens with one attached hydrogen (secondary N) is 2. The minimum atomic E-state index is -0.895. The van der Waals surface area contributed by atoms with Crippen LogP contribution in [0.1, 0.15) is 19.4 Å². The number of amides is 2. The van der Waals surface area contributed by atoms with Crippen LogP contribution < -0.4 is 10.6 Å². The Morgan fingerprint density at radius 2 is 2.06 bits per heavy atom. The first-order valence-electron chi connectivity index (χ1n) is 5.35. The first-order valence-corrected chi connectivity index (χ1v) is 5.35. The van der Waals surface area contributed by atoms with Gasteiger partial charge < -0.3 is 15.7 Å². The fourth-order valence-electron chi connectivity index (χ4n) is 1.36. The van der Waals surface area contributed by atoms with E-state index in [9.17, 15) is 9.59 Å². The summed E-state index contributed by atoms with van der Waals surface area (Å²) in [7, 11) is 0. The maximum absolute atomic E-state index is 11.4. The number of carboxylic acid groups (broad SMARTS) is 1. The number of rotatable bonds is 4. The Bertz CT molecular complexity index is 416. The van der Waals surface area contributed by atoms with E-state index in [1.807, 2.05) is 13.8 Å². The molecule has 0 bridgehead atoms. The fraction of sp³-hybridized carbons (Fsp3) is 0.333. The normalized spacial score (nSPS) is 10.1. The Hall–Kier alpha value is -2.04. The molecule has 3 N–H and O–H groups in total. The quantitative estimate of drug-likeness (QED) is 0.746. The SMILES string of the molecule is CC(C)NC(=O)Nc1cccc(CC(=O)O)c1. The summed E-state index contributed by atoms with van der Waals surface area (Å²) < 4.78 is 0. The van der Waals surface area contributed by atoms with Crippen LogP contribution in [0.4, 0.5) is 10.5 Å². The van der Waals surface area contributed by atoms with Crippen molar-refractivity contribution in [3.63, 3.8) is 0 Å². The molecule has 0 saturated heterocycles. The van der Waals surface area contributed by atoms with Crippen molar-refractivity contribution in [3.8, 4) is 0 Å². The second-order valence-electron chi connectivity index (χ2n) is 4.02. The highest BCUT2D eigenvalue weighted by Crippen LogP contribution is 2.11. The molecule has 0 saturated carbocycles. The molecular formula is C12H16N2O3. The monoisotopic (exact) mass is 236 g/mol. The molecular weight excluding hydrogens is 220 g/mol. The molecule has 0 aromatic heterocycles. The molecule has 17 heavy (non-hydrogen) atoms. The highest BCUT2D eigenvalue weighted by Gasteiger charge is 2.05. The Morgan fingerprint density at radius 3 is 2.65 bits per heavy atom. The molecule has 0 spiro atoms. The molecule has 5 nitrogen and oxygen atoms in total. The van der Waals surface area contributed by atoms with E-state index in [-0.39, 0.29) is 18.5 Å². The number of hydrogen-bond donors (Lipinski definition) is 3. The summed E-state index contributed by atoms with van der Waals surface area (Å²) in [6.07, 6.45) is -0.0542. The van der Waals surface area contributed by atoms with Crippen molar-refractivity contribution < 1.29 is 14.7 Å². The zero-order valence-electron chi connectivity index (χ0n) is 9.86. The first kappa shape index (κ1) is 13.0. The van der Waals surface area contributed by atoms with Crippen molar-refractivity contribution in [1.29, 1.82) is 0 Å².